The quantitative estimate of drug-likeness (QED) is 0.781. The summed E-state index contributed by atoms with van der Waals surface area (Å²) in [6.07, 6.45) is -0.0748. The van der Waals surface area contributed by atoms with E-state index in [4.69, 9.17) is 13.9 Å². The largest absolute Gasteiger partial charge is 0.451 e. The van der Waals surface area contributed by atoms with Gasteiger partial charge in [0.05, 0.1) is 12.2 Å². The minimum absolute atomic E-state index is 0.0374. The number of benzene rings is 1. The normalized spacial score (nSPS) is 20.0. The average Bonchev–Trinajstić information content (AvgIpc) is 3.01. The van der Waals surface area contributed by atoms with Crippen LogP contribution in [0.3, 0.4) is 0 Å². The number of amides is 1. The monoisotopic (exact) mass is 358 g/mol. The number of esters is 1. The van der Waals surface area contributed by atoms with Crippen molar-refractivity contribution in [3.8, 4) is 11.5 Å². The van der Waals surface area contributed by atoms with Gasteiger partial charge in [-0.05, 0) is 32.9 Å². The van der Waals surface area contributed by atoms with Crippen molar-refractivity contribution in [2.24, 2.45) is 0 Å². The second-order valence-electron chi connectivity index (χ2n) is 6.42. The summed E-state index contributed by atoms with van der Waals surface area (Å²) in [5.74, 6) is -0.215. The summed E-state index contributed by atoms with van der Waals surface area (Å²) in [5, 5.41) is 0. The summed E-state index contributed by atoms with van der Waals surface area (Å²) >= 11 is 0. The minimum atomic E-state index is -0.670. The highest BCUT2D eigenvalue weighted by atomic mass is 16.5. The summed E-state index contributed by atoms with van der Waals surface area (Å²) in [6.45, 7) is 6.11. The van der Waals surface area contributed by atoms with Crippen LogP contribution in [0.2, 0.25) is 0 Å². The number of carbonyl (C=O) groups is 2. The maximum Gasteiger partial charge on any atom is 0.361 e. The number of aryl methyl sites for hydroxylation is 1. The Balaban J connectivity index is 1.62. The van der Waals surface area contributed by atoms with E-state index in [0.717, 1.165) is 5.56 Å². The second-order valence-corrected chi connectivity index (χ2v) is 6.42. The summed E-state index contributed by atoms with van der Waals surface area (Å²) in [5.41, 5.74) is 0.849. The van der Waals surface area contributed by atoms with Gasteiger partial charge in [-0.1, -0.05) is 18.2 Å². The molecule has 0 bridgehead atoms. The topological polar surface area (TPSA) is 81.9 Å². The van der Waals surface area contributed by atoms with Crippen LogP contribution in [0, 0.1) is 6.92 Å². The first-order valence-corrected chi connectivity index (χ1v) is 8.57. The predicted molar refractivity (Wildman–Crippen MR) is 93.5 cm³/mol. The molecule has 26 heavy (non-hydrogen) atoms. The van der Waals surface area contributed by atoms with E-state index in [-0.39, 0.29) is 30.4 Å². The maximum atomic E-state index is 12.3. The van der Waals surface area contributed by atoms with Crippen molar-refractivity contribution in [2.75, 3.05) is 19.7 Å². The van der Waals surface area contributed by atoms with Gasteiger partial charge in [-0.25, -0.2) is 9.78 Å². The molecule has 1 aromatic heterocycles. The standard InChI is InChI=1S/C19H22N2O5/c1-12-9-21(10-13(2)25-12)16(22)11-24-19(23)17-14(3)26-18(20-17)15-7-5-4-6-8-15/h4-8,12-13H,9-11H2,1-3H3/t12-,13-/m1/s1. The molecule has 0 unspecified atom stereocenters. The Hall–Kier alpha value is -2.67. The molecular formula is C19H22N2O5. The zero-order valence-electron chi connectivity index (χ0n) is 15.1. The van der Waals surface area contributed by atoms with Crippen molar-refractivity contribution in [1.29, 1.82) is 0 Å². The fraction of sp³-hybridized carbons (Fsp3) is 0.421. The molecule has 7 nitrogen and oxygen atoms in total. The lowest BCUT2D eigenvalue weighted by Gasteiger charge is -2.35. The lowest BCUT2D eigenvalue weighted by Crippen LogP contribution is -2.49. The molecule has 0 saturated carbocycles. The molecule has 2 aromatic rings. The van der Waals surface area contributed by atoms with Gasteiger partial charge >= 0.3 is 5.97 Å². The molecule has 2 atom stereocenters. The maximum absolute atomic E-state index is 12.3. The van der Waals surface area contributed by atoms with Crippen molar-refractivity contribution < 1.29 is 23.5 Å². The Kier molecular flexibility index (Phi) is 5.37. The van der Waals surface area contributed by atoms with E-state index in [0.29, 0.717) is 24.7 Å². The summed E-state index contributed by atoms with van der Waals surface area (Å²) in [6, 6.07) is 9.27. The van der Waals surface area contributed by atoms with Crippen molar-refractivity contribution in [1.82, 2.24) is 9.88 Å². The van der Waals surface area contributed by atoms with Crippen molar-refractivity contribution in [3.05, 3.63) is 41.8 Å². The molecule has 3 rings (SSSR count). The van der Waals surface area contributed by atoms with E-state index in [1.165, 1.54) is 0 Å². The van der Waals surface area contributed by atoms with Crippen LogP contribution in [0.15, 0.2) is 34.7 Å². The predicted octanol–water partition coefficient (Wildman–Crippen LogP) is 2.44. The fourth-order valence-electron chi connectivity index (χ4n) is 2.96. The Labute approximate surface area is 151 Å². The molecule has 0 radical (unpaired) electrons. The van der Waals surface area contributed by atoms with Gasteiger partial charge < -0.3 is 18.8 Å². The molecule has 1 aliphatic rings. The van der Waals surface area contributed by atoms with Gasteiger partial charge in [-0.3, -0.25) is 4.79 Å². The van der Waals surface area contributed by atoms with Crippen LogP contribution in [0.1, 0.15) is 30.1 Å². The van der Waals surface area contributed by atoms with E-state index in [1.54, 1.807) is 11.8 Å². The molecule has 1 saturated heterocycles. The van der Waals surface area contributed by atoms with Gasteiger partial charge in [-0.2, -0.15) is 0 Å². The Morgan fingerprint density at radius 1 is 1.19 bits per heavy atom. The Morgan fingerprint density at radius 3 is 2.50 bits per heavy atom. The molecule has 0 spiro atoms. The van der Waals surface area contributed by atoms with E-state index in [9.17, 15) is 9.59 Å². The van der Waals surface area contributed by atoms with Crippen LogP contribution in [-0.4, -0.2) is 53.7 Å². The van der Waals surface area contributed by atoms with Gasteiger partial charge in [0.25, 0.3) is 5.91 Å². The molecular weight excluding hydrogens is 336 g/mol. The SMILES string of the molecule is Cc1oc(-c2ccccc2)nc1C(=O)OCC(=O)N1C[C@@H](C)O[C@H](C)C1. The third-order valence-electron chi connectivity index (χ3n) is 4.11. The number of oxazole rings is 1. The van der Waals surface area contributed by atoms with Gasteiger partial charge in [0.1, 0.15) is 5.76 Å². The summed E-state index contributed by atoms with van der Waals surface area (Å²) < 4.78 is 16.3. The number of hydrogen-bond acceptors (Lipinski definition) is 6. The smallest absolute Gasteiger partial charge is 0.361 e. The highest BCUT2D eigenvalue weighted by Gasteiger charge is 2.27. The first kappa shape index (κ1) is 18.1. The van der Waals surface area contributed by atoms with E-state index in [1.807, 2.05) is 44.2 Å². The lowest BCUT2D eigenvalue weighted by molar-refractivity contribution is -0.146. The number of ether oxygens (including phenoxy) is 2. The van der Waals surface area contributed by atoms with Crippen LogP contribution < -0.4 is 0 Å². The number of hydrogen-bond donors (Lipinski definition) is 0. The number of morpholine rings is 1. The number of nitrogens with zero attached hydrogens (tertiary/aromatic N) is 2. The van der Waals surface area contributed by atoms with Crippen LogP contribution in [0.5, 0.6) is 0 Å². The van der Waals surface area contributed by atoms with Crippen LogP contribution in [-0.2, 0) is 14.3 Å². The molecule has 1 aromatic carbocycles. The minimum Gasteiger partial charge on any atom is -0.451 e. The van der Waals surface area contributed by atoms with E-state index < -0.39 is 5.97 Å². The zero-order chi connectivity index (χ0) is 18.7. The van der Waals surface area contributed by atoms with Crippen molar-refractivity contribution >= 4 is 11.9 Å². The highest BCUT2D eigenvalue weighted by molar-refractivity contribution is 5.91. The molecule has 1 amide bonds. The Bertz CT molecular complexity index is 776. The zero-order valence-corrected chi connectivity index (χ0v) is 15.1. The fourth-order valence-corrected chi connectivity index (χ4v) is 2.96. The lowest BCUT2D eigenvalue weighted by atomic mass is 10.2. The van der Waals surface area contributed by atoms with Crippen molar-refractivity contribution in [3.63, 3.8) is 0 Å². The van der Waals surface area contributed by atoms with Gasteiger partial charge in [0, 0.05) is 18.7 Å². The molecule has 7 heteroatoms. The summed E-state index contributed by atoms with van der Waals surface area (Å²) in [7, 11) is 0. The molecule has 1 fully saturated rings. The Morgan fingerprint density at radius 2 is 1.85 bits per heavy atom. The number of aromatic nitrogens is 1. The van der Waals surface area contributed by atoms with Gasteiger partial charge in [0.15, 0.2) is 12.3 Å². The molecule has 1 aliphatic heterocycles. The van der Waals surface area contributed by atoms with Crippen LogP contribution >= 0.6 is 0 Å². The third kappa shape index (κ3) is 4.11. The molecule has 2 heterocycles. The third-order valence-corrected chi connectivity index (χ3v) is 4.11. The first-order valence-electron chi connectivity index (χ1n) is 8.57. The molecule has 138 valence electrons. The highest BCUT2D eigenvalue weighted by Crippen LogP contribution is 2.22. The summed E-state index contributed by atoms with van der Waals surface area (Å²) in [4.78, 5) is 30.4. The van der Waals surface area contributed by atoms with Gasteiger partial charge in [-0.15, -0.1) is 0 Å². The molecule has 0 aliphatic carbocycles. The van der Waals surface area contributed by atoms with Crippen LogP contribution in [0.4, 0.5) is 0 Å². The second kappa shape index (κ2) is 7.70. The average molecular weight is 358 g/mol. The molecule has 0 N–H and O–H groups in total. The van der Waals surface area contributed by atoms with Gasteiger partial charge in [0.2, 0.25) is 5.89 Å². The van der Waals surface area contributed by atoms with Crippen molar-refractivity contribution in [2.45, 2.75) is 33.0 Å². The van der Waals surface area contributed by atoms with Crippen LogP contribution in [0.25, 0.3) is 11.5 Å². The van der Waals surface area contributed by atoms with E-state index >= 15 is 0 Å². The van der Waals surface area contributed by atoms with E-state index in [2.05, 4.69) is 4.98 Å². The number of carbonyl (C=O) groups excluding carboxylic acids is 2. The number of rotatable bonds is 4. The first-order chi connectivity index (χ1) is 12.4.